The molecule has 10 unspecified atom stereocenters. The molecule has 0 saturated carbocycles. The van der Waals surface area contributed by atoms with Gasteiger partial charge >= 0.3 is 0 Å². The van der Waals surface area contributed by atoms with Crippen LogP contribution < -0.4 is 9.47 Å². The predicted octanol–water partition coefficient (Wildman–Crippen LogP) is -0.120. The van der Waals surface area contributed by atoms with Gasteiger partial charge in [-0.15, -0.1) is 0 Å². The second kappa shape index (κ2) is 10.4. The Balaban J connectivity index is 1.25. The third-order valence-corrected chi connectivity index (χ3v) is 7.60. The molecular weight excluding hydrogens is 532 g/mol. The number of ketones is 1. The van der Waals surface area contributed by atoms with Crippen molar-refractivity contribution in [2.75, 3.05) is 6.61 Å². The molecule has 0 bridgehead atoms. The smallest absolute Gasteiger partial charge is 0.229 e. The first-order valence-corrected chi connectivity index (χ1v) is 12.9. The number of carbonyl (C=O) groups excluding carboxylic acids is 1. The predicted molar refractivity (Wildman–Crippen MR) is 131 cm³/mol. The van der Waals surface area contributed by atoms with E-state index in [4.69, 9.17) is 28.4 Å². The standard InChI is InChI=1S/C27H30O13/c1-10-20(32)23-25(39-23)27(35-10)40-24-22(34)21(33)18(9-28)38-26(24)36-13-6-14(30)19-15(31)8-16(37-17(19)7-13)11-2-4-12(29)5-3-11/h2-7,10,16,18,20-30,32-34H,8-9H2,1H3/t10?,16-,18?,20?,21?,22?,23?,24?,25?,26?,27?/m0/s1. The van der Waals surface area contributed by atoms with E-state index in [-0.39, 0.29) is 35.0 Å². The summed E-state index contributed by atoms with van der Waals surface area (Å²) in [5.41, 5.74) is 0.616. The minimum absolute atomic E-state index is 0.0109. The van der Waals surface area contributed by atoms with E-state index < -0.39 is 79.9 Å². The number of Topliss-reactive ketones (excluding diaryl/α,β-unsaturated/α-hetero) is 1. The van der Waals surface area contributed by atoms with Crippen LogP contribution >= 0.6 is 0 Å². The zero-order valence-corrected chi connectivity index (χ0v) is 21.3. The lowest BCUT2D eigenvalue weighted by atomic mass is 9.95. The molecule has 0 aromatic heterocycles. The molecule has 6 rings (SSSR count). The third kappa shape index (κ3) is 4.88. The van der Waals surface area contributed by atoms with Crippen LogP contribution in [0.15, 0.2) is 36.4 Å². The van der Waals surface area contributed by atoms with Gasteiger partial charge in [-0.25, -0.2) is 0 Å². The summed E-state index contributed by atoms with van der Waals surface area (Å²) in [5.74, 6) is -0.665. The number of aliphatic hydroxyl groups is 4. The fraction of sp³-hybridized carbons (Fsp3) is 0.519. The summed E-state index contributed by atoms with van der Waals surface area (Å²) in [5, 5.41) is 61.4. The van der Waals surface area contributed by atoms with Crippen molar-refractivity contribution >= 4 is 5.78 Å². The first-order chi connectivity index (χ1) is 19.1. The first kappa shape index (κ1) is 27.2. The first-order valence-electron chi connectivity index (χ1n) is 12.9. The van der Waals surface area contributed by atoms with Gasteiger partial charge in [-0.05, 0) is 24.6 Å². The van der Waals surface area contributed by atoms with Gasteiger partial charge < -0.3 is 59.1 Å². The maximum absolute atomic E-state index is 12.9. The van der Waals surface area contributed by atoms with Gasteiger partial charge in [0.25, 0.3) is 0 Å². The molecule has 2 aromatic rings. The van der Waals surface area contributed by atoms with Crippen LogP contribution in [0.3, 0.4) is 0 Å². The van der Waals surface area contributed by atoms with Crippen molar-refractivity contribution in [3.8, 4) is 23.0 Å². The molecule has 40 heavy (non-hydrogen) atoms. The average Bonchev–Trinajstić information content (AvgIpc) is 3.72. The Morgan fingerprint density at radius 3 is 2.40 bits per heavy atom. The van der Waals surface area contributed by atoms with Crippen LogP contribution in [0.1, 0.15) is 35.4 Å². The fourth-order valence-corrected chi connectivity index (χ4v) is 5.32. The number of hydrogen-bond acceptors (Lipinski definition) is 13. The number of ether oxygens (including phenoxy) is 6. The number of hydrogen-bond donors (Lipinski definition) is 6. The molecule has 3 saturated heterocycles. The maximum Gasteiger partial charge on any atom is 0.229 e. The molecule has 4 heterocycles. The summed E-state index contributed by atoms with van der Waals surface area (Å²) in [6, 6.07) is 8.75. The Bertz CT molecular complexity index is 1250. The van der Waals surface area contributed by atoms with Crippen molar-refractivity contribution in [2.45, 2.75) is 80.9 Å². The lowest BCUT2D eigenvalue weighted by Crippen LogP contribution is -2.62. The van der Waals surface area contributed by atoms with Gasteiger partial charge in [0, 0.05) is 12.1 Å². The molecule has 6 N–H and O–H groups in total. The number of epoxide rings is 1. The number of phenols is 2. The van der Waals surface area contributed by atoms with E-state index in [1.807, 2.05) is 0 Å². The minimum Gasteiger partial charge on any atom is -0.508 e. The topological polar surface area (TPSA) is 197 Å². The SMILES string of the molecule is CC1OC(OC2C(Oc3cc(O)c4c(c3)O[C@H](c3ccc(O)cc3)CC4=O)OC(CO)C(O)C2O)C2OC2C1O. The van der Waals surface area contributed by atoms with Gasteiger partial charge in [0.05, 0.1) is 19.1 Å². The summed E-state index contributed by atoms with van der Waals surface area (Å²) in [6.07, 6.45) is -11.4. The van der Waals surface area contributed by atoms with Crippen molar-refractivity contribution in [1.82, 2.24) is 0 Å². The van der Waals surface area contributed by atoms with E-state index >= 15 is 0 Å². The lowest BCUT2D eigenvalue weighted by molar-refractivity contribution is -0.326. The van der Waals surface area contributed by atoms with Gasteiger partial charge in [0.15, 0.2) is 18.2 Å². The van der Waals surface area contributed by atoms with Crippen LogP contribution in [0.25, 0.3) is 0 Å². The van der Waals surface area contributed by atoms with Gasteiger partial charge in [-0.1, -0.05) is 12.1 Å². The Morgan fingerprint density at radius 2 is 1.68 bits per heavy atom. The number of rotatable bonds is 6. The summed E-state index contributed by atoms with van der Waals surface area (Å²) in [4.78, 5) is 12.9. The van der Waals surface area contributed by atoms with Crippen LogP contribution in [-0.4, -0.2) is 104 Å². The molecule has 4 aliphatic heterocycles. The van der Waals surface area contributed by atoms with Gasteiger partial charge in [-0.3, -0.25) is 4.79 Å². The maximum atomic E-state index is 12.9. The average molecular weight is 563 g/mol. The molecular formula is C27H30O13. The number of aromatic hydroxyl groups is 2. The fourth-order valence-electron chi connectivity index (χ4n) is 5.32. The highest BCUT2D eigenvalue weighted by atomic mass is 16.8. The highest BCUT2D eigenvalue weighted by Crippen LogP contribution is 2.43. The molecule has 0 spiro atoms. The molecule has 11 atom stereocenters. The van der Waals surface area contributed by atoms with E-state index in [0.717, 1.165) is 0 Å². The zero-order valence-electron chi connectivity index (χ0n) is 21.3. The number of fused-ring (bicyclic) bond motifs is 2. The van der Waals surface area contributed by atoms with Crippen LogP contribution in [0, 0.1) is 0 Å². The number of carbonyl (C=O) groups is 1. The van der Waals surface area contributed by atoms with Crippen LogP contribution in [0.4, 0.5) is 0 Å². The largest absolute Gasteiger partial charge is 0.508 e. The van der Waals surface area contributed by atoms with Crippen molar-refractivity contribution < 1.29 is 63.9 Å². The zero-order chi connectivity index (χ0) is 28.3. The van der Waals surface area contributed by atoms with Crippen LogP contribution in [0.5, 0.6) is 23.0 Å². The van der Waals surface area contributed by atoms with Crippen molar-refractivity contribution in [2.24, 2.45) is 0 Å². The molecule has 13 heteroatoms. The molecule has 3 fully saturated rings. The highest BCUT2D eigenvalue weighted by molar-refractivity contribution is 6.02. The van der Waals surface area contributed by atoms with Crippen molar-refractivity contribution in [1.29, 1.82) is 0 Å². The van der Waals surface area contributed by atoms with Crippen molar-refractivity contribution in [3.05, 3.63) is 47.5 Å². The summed E-state index contributed by atoms with van der Waals surface area (Å²) in [6.45, 7) is 1.00. The second-order valence-electron chi connectivity index (χ2n) is 10.3. The number of phenolic OH excluding ortho intramolecular Hbond substituents is 2. The monoisotopic (exact) mass is 562 g/mol. The molecule has 0 aliphatic carbocycles. The number of benzene rings is 2. The van der Waals surface area contributed by atoms with Gasteiger partial charge in [0.2, 0.25) is 6.29 Å². The normalized spacial score (nSPS) is 38.6. The quantitative estimate of drug-likeness (QED) is 0.255. The van der Waals surface area contributed by atoms with E-state index in [9.17, 15) is 35.4 Å². The van der Waals surface area contributed by atoms with Crippen molar-refractivity contribution in [3.63, 3.8) is 0 Å². The minimum atomic E-state index is -1.58. The molecule has 0 radical (unpaired) electrons. The van der Waals surface area contributed by atoms with E-state index in [1.54, 1.807) is 19.1 Å². The van der Waals surface area contributed by atoms with Gasteiger partial charge in [-0.2, -0.15) is 0 Å². The Kier molecular flexibility index (Phi) is 7.09. The molecule has 4 aliphatic rings. The summed E-state index contributed by atoms with van der Waals surface area (Å²) in [7, 11) is 0. The molecule has 216 valence electrons. The lowest BCUT2D eigenvalue weighted by Gasteiger charge is -2.43. The molecule has 0 amide bonds. The third-order valence-electron chi connectivity index (χ3n) is 7.60. The Morgan fingerprint density at radius 1 is 0.925 bits per heavy atom. The van der Waals surface area contributed by atoms with Crippen LogP contribution in [0.2, 0.25) is 0 Å². The number of aliphatic hydroxyl groups excluding tert-OH is 4. The highest BCUT2D eigenvalue weighted by Gasteiger charge is 2.59. The van der Waals surface area contributed by atoms with Gasteiger partial charge in [0.1, 0.15) is 71.3 Å². The van der Waals surface area contributed by atoms with E-state index in [2.05, 4.69) is 0 Å². The van der Waals surface area contributed by atoms with E-state index in [1.165, 1.54) is 24.3 Å². The summed E-state index contributed by atoms with van der Waals surface area (Å²) >= 11 is 0. The second-order valence-corrected chi connectivity index (χ2v) is 10.3. The Hall–Kier alpha value is -3.01. The Labute approximate surface area is 228 Å². The summed E-state index contributed by atoms with van der Waals surface area (Å²) < 4.78 is 34.7. The van der Waals surface area contributed by atoms with E-state index in [0.29, 0.717) is 5.56 Å². The molecule has 2 aromatic carbocycles. The van der Waals surface area contributed by atoms with Crippen LogP contribution in [-0.2, 0) is 18.9 Å². The molecule has 13 nitrogen and oxygen atoms in total.